The molecule has 0 saturated heterocycles. The number of nitrogens with two attached hydrogens (primary N) is 1. The SMILES string of the molecule is CCCN(C1CC1)S(=O)(=O)c1ccc(S(N)(=O)=O)cc1F. The Morgan fingerprint density at radius 1 is 1.29 bits per heavy atom. The second-order valence-corrected chi connectivity index (χ2v) is 8.40. The summed E-state index contributed by atoms with van der Waals surface area (Å²) in [5.41, 5.74) is 0. The molecule has 1 saturated carbocycles. The number of hydrogen-bond acceptors (Lipinski definition) is 4. The molecule has 1 aromatic carbocycles. The average molecular weight is 336 g/mol. The van der Waals surface area contributed by atoms with Gasteiger partial charge >= 0.3 is 0 Å². The van der Waals surface area contributed by atoms with E-state index in [2.05, 4.69) is 0 Å². The molecule has 1 fully saturated rings. The van der Waals surface area contributed by atoms with E-state index in [1.807, 2.05) is 6.92 Å². The molecular formula is C12H17FN2O4S2. The van der Waals surface area contributed by atoms with Crippen molar-refractivity contribution >= 4 is 20.0 Å². The highest BCUT2D eigenvalue weighted by Gasteiger charge is 2.38. The lowest BCUT2D eigenvalue weighted by molar-refractivity contribution is 0.400. The standard InChI is InChI=1S/C12H17FN2O4S2/c1-2-7-15(9-3-4-9)21(18,19)12-6-5-10(8-11(12)13)20(14,16)17/h5-6,8-9H,2-4,7H2,1H3,(H2,14,16,17). The first kappa shape index (κ1) is 16.3. The highest BCUT2D eigenvalue weighted by atomic mass is 32.2. The van der Waals surface area contributed by atoms with E-state index in [-0.39, 0.29) is 6.04 Å². The lowest BCUT2D eigenvalue weighted by atomic mass is 10.3. The first-order valence-corrected chi connectivity index (χ1v) is 9.50. The lowest BCUT2D eigenvalue weighted by Crippen LogP contribution is -2.34. The van der Waals surface area contributed by atoms with Crippen LogP contribution >= 0.6 is 0 Å². The quantitative estimate of drug-likeness (QED) is 0.839. The summed E-state index contributed by atoms with van der Waals surface area (Å²) in [5.74, 6) is -1.11. The van der Waals surface area contributed by atoms with Crippen molar-refractivity contribution in [3.63, 3.8) is 0 Å². The van der Waals surface area contributed by atoms with E-state index >= 15 is 0 Å². The molecule has 2 N–H and O–H groups in total. The fourth-order valence-corrected chi connectivity index (χ4v) is 4.43. The maximum absolute atomic E-state index is 14.0. The van der Waals surface area contributed by atoms with E-state index in [1.165, 1.54) is 4.31 Å². The minimum absolute atomic E-state index is 0.0905. The van der Waals surface area contributed by atoms with Crippen LogP contribution in [0.1, 0.15) is 26.2 Å². The molecule has 118 valence electrons. The summed E-state index contributed by atoms with van der Waals surface area (Å²) in [4.78, 5) is -0.970. The Labute approximate surface area is 123 Å². The van der Waals surface area contributed by atoms with Gasteiger partial charge in [-0.05, 0) is 37.5 Å². The third-order valence-electron chi connectivity index (χ3n) is 3.22. The largest absolute Gasteiger partial charge is 0.246 e. The lowest BCUT2D eigenvalue weighted by Gasteiger charge is -2.21. The molecule has 0 aromatic heterocycles. The van der Waals surface area contributed by atoms with Crippen molar-refractivity contribution in [1.29, 1.82) is 0 Å². The van der Waals surface area contributed by atoms with Crippen LogP contribution in [0, 0.1) is 5.82 Å². The minimum atomic E-state index is -4.07. The van der Waals surface area contributed by atoms with Crippen LogP contribution in [0.5, 0.6) is 0 Å². The molecule has 0 amide bonds. The van der Waals surface area contributed by atoms with Gasteiger partial charge in [0.15, 0.2) is 0 Å². The van der Waals surface area contributed by atoms with Gasteiger partial charge in [0.1, 0.15) is 10.7 Å². The fourth-order valence-electron chi connectivity index (χ4n) is 2.08. The number of hydrogen-bond donors (Lipinski definition) is 1. The summed E-state index contributed by atoms with van der Waals surface area (Å²) in [6.45, 7) is 2.15. The predicted octanol–water partition coefficient (Wildman–Crippen LogP) is 1.04. The molecular weight excluding hydrogens is 319 g/mol. The van der Waals surface area contributed by atoms with Crippen LogP contribution in [0.3, 0.4) is 0 Å². The first-order chi connectivity index (χ1) is 9.67. The van der Waals surface area contributed by atoms with E-state index in [4.69, 9.17) is 5.14 Å². The molecule has 9 heteroatoms. The van der Waals surface area contributed by atoms with Crippen molar-refractivity contribution in [3.05, 3.63) is 24.0 Å². The zero-order chi connectivity index (χ0) is 15.8. The third kappa shape index (κ3) is 3.42. The molecule has 2 rings (SSSR count). The molecule has 0 unspecified atom stereocenters. The van der Waals surface area contributed by atoms with Gasteiger partial charge in [0, 0.05) is 12.6 Å². The van der Waals surface area contributed by atoms with Gasteiger partial charge in [-0.3, -0.25) is 0 Å². The maximum Gasteiger partial charge on any atom is 0.246 e. The number of benzene rings is 1. The Kier molecular flexibility index (Phi) is 4.39. The summed E-state index contributed by atoms with van der Waals surface area (Å²) < 4.78 is 62.6. The van der Waals surface area contributed by atoms with Crippen molar-refractivity contribution in [3.8, 4) is 0 Å². The first-order valence-electron chi connectivity index (χ1n) is 6.52. The van der Waals surface area contributed by atoms with Gasteiger partial charge in [0.05, 0.1) is 4.90 Å². The Hall–Kier alpha value is -1.03. The minimum Gasteiger partial charge on any atom is -0.225 e. The zero-order valence-electron chi connectivity index (χ0n) is 11.5. The van der Waals surface area contributed by atoms with Crippen molar-refractivity contribution in [1.82, 2.24) is 4.31 Å². The van der Waals surface area contributed by atoms with Crippen molar-refractivity contribution in [2.45, 2.75) is 42.0 Å². The van der Waals surface area contributed by atoms with Crippen molar-refractivity contribution in [2.75, 3.05) is 6.54 Å². The molecule has 6 nitrogen and oxygen atoms in total. The van der Waals surface area contributed by atoms with Crippen LogP contribution in [0.25, 0.3) is 0 Å². The normalized spacial score (nSPS) is 16.4. The molecule has 0 radical (unpaired) electrons. The van der Waals surface area contributed by atoms with Crippen LogP contribution in [0.4, 0.5) is 4.39 Å². The summed E-state index contributed by atoms with van der Waals surface area (Å²) in [7, 11) is -8.04. The molecule has 21 heavy (non-hydrogen) atoms. The highest BCUT2D eigenvalue weighted by molar-refractivity contribution is 7.89. The summed E-state index contributed by atoms with van der Waals surface area (Å²) in [5, 5.41) is 4.90. The van der Waals surface area contributed by atoms with Gasteiger partial charge in [0.2, 0.25) is 20.0 Å². The van der Waals surface area contributed by atoms with Crippen molar-refractivity contribution < 1.29 is 21.2 Å². The van der Waals surface area contributed by atoms with Gasteiger partial charge in [0.25, 0.3) is 0 Å². The zero-order valence-corrected chi connectivity index (χ0v) is 13.1. The second kappa shape index (κ2) is 5.64. The molecule has 0 heterocycles. The number of nitrogens with zero attached hydrogens (tertiary/aromatic N) is 1. The smallest absolute Gasteiger partial charge is 0.225 e. The number of sulfonamides is 2. The van der Waals surface area contributed by atoms with E-state index in [1.54, 1.807) is 0 Å². The summed E-state index contributed by atoms with van der Waals surface area (Å²) >= 11 is 0. The van der Waals surface area contributed by atoms with Crippen molar-refractivity contribution in [2.24, 2.45) is 5.14 Å². The third-order valence-corrected chi connectivity index (χ3v) is 6.11. The van der Waals surface area contributed by atoms with E-state index in [0.717, 1.165) is 25.0 Å². The Bertz CT molecular complexity index is 743. The van der Waals surface area contributed by atoms with Crippen LogP contribution in [0.2, 0.25) is 0 Å². The maximum atomic E-state index is 14.0. The average Bonchev–Trinajstić information content (AvgIpc) is 3.18. The van der Waals surface area contributed by atoms with Crippen LogP contribution in [-0.4, -0.2) is 33.7 Å². The van der Waals surface area contributed by atoms with Crippen LogP contribution in [-0.2, 0) is 20.0 Å². The van der Waals surface area contributed by atoms with Crippen LogP contribution in [0.15, 0.2) is 28.0 Å². The van der Waals surface area contributed by atoms with Gasteiger partial charge in [-0.1, -0.05) is 6.92 Å². The van der Waals surface area contributed by atoms with Gasteiger partial charge < -0.3 is 0 Å². The van der Waals surface area contributed by atoms with E-state index in [0.29, 0.717) is 19.0 Å². The highest BCUT2D eigenvalue weighted by Crippen LogP contribution is 2.33. The Balaban J connectivity index is 2.45. The summed E-state index contributed by atoms with van der Waals surface area (Å²) in [6.07, 6.45) is 2.14. The molecule has 0 aliphatic heterocycles. The fraction of sp³-hybridized carbons (Fsp3) is 0.500. The molecule has 0 bridgehead atoms. The number of rotatable bonds is 6. The van der Waals surface area contributed by atoms with Gasteiger partial charge in [-0.25, -0.2) is 26.4 Å². The molecule has 0 spiro atoms. The number of primary sulfonamides is 1. The molecule has 1 aliphatic rings. The molecule has 1 aliphatic carbocycles. The monoisotopic (exact) mass is 336 g/mol. The topological polar surface area (TPSA) is 97.5 Å². The summed E-state index contributed by atoms with van der Waals surface area (Å²) in [6, 6.07) is 2.50. The molecule has 1 aromatic rings. The second-order valence-electron chi connectivity index (χ2n) is 4.98. The van der Waals surface area contributed by atoms with Gasteiger partial charge in [-0.2, -0.15) is 4.31 Å². The van der Waals surface area contributed by atoms with E-state index < -0.39 is 35.7 Å². The van der Waals surface area contributed by atoms with Gasteiger partial charge in [-0.15, -0.1) is 0 Å². The predicted molar refractivity (Wildman–Crippen MR) is 75.0 cm³/mol. The Morgan fingerprint density at radius 2 is 1.90 bits per heavy atom. The Morgan fingerprint density at radius 3 is 2.33 bits per heavy atom. The van der Waals surface area contributed by atoms with E-state index in [9.17, 15) is 21.2 Å². The number of halogens is 1. The molecule has 0 atom stereocenters. The van der Waals surface area contributed by atoms with Crippen LogP contribution < -0.4 is 5.14 Å².